The van der Waals surface area contributed by atoms with Gasteiger partial charge in [-0.15, -0.1) is 4.91 Å². The minimum Gasteiger partial charge on any atom is -0.382 e. The van der Waals surface area contributed by atoms with Gasteiger partial charge in [0.1, 0.15) is 6.10 Å². The van der Waals surface area contributed by atoms with Gasteiger partial charge >= 0.3 is 0 Å². The van der Waals surface area contributed by atoms with Crippen LogP contribution >= 0.6 is 0 Å². The lowest BCUT2D eigenvalue weighted by molar-refractivity contribution is -0.830. The molecule has 0 aliphatic rings. The number of quaternary nitrogens is 1. The molecule has 0 saturated heterocycles. The number of aryl methyl sites for hydroxylation is 1. The molecule has 2 aromatic rings. The SMILES string of the molecule is CNC(=O)CNC(=O)[C@H](Cc1ccc([NH2+]OC)cc1)C(O)C(=O)NN=O.Cc1ccccc1. The lowest BCUT2D eigenvalue weighted by Gasteiger charge is -2.20. The van der Waals surface area contributed by atoms with Gasteiger partial charge in [-0.05, 0) is 18.9 Å². The molecular formula is C22H30N5O6+. The number of rotatable bonds is 10. The molecule has 3 amide bonds. The number of hydrogen-bond donors (Lipinski definition) is 5. The number of nitroso groups, excluding NO2 is 1. The van der Waals surface area contributed by atoms with Crippen LogP contribution in [0.4, 0.5) is 5.69 Å². The van der Waals surface area contributed by atoms with Crippen LogP contribution < -0.4 is 21.5 Å². The van der Waals surface area contributed by atoms with Gasteiger partial charge in [0.25, 0.3) is 5.91 Å². The Morgan fingerprint density at radius 1 is 1.06 bits per heavy atom. The summed E-state index contributed by atoms with van der Waals surface area (Å²) in [5.74, 6) is -3.48. The molecule has 178 valence electrons. The summed E-state index contributed by atoms with van der Waals surface area (Å²) >= 11 is 0. The van der Waals surface area contributed by atoms with Crippen LogP contribution in [0.3, 0.4) is 0 Å². The predicted molar refractivity (Wildman–Crippen MR) is 120 cm³/mol. The Kier molecular flexibility index (Phi) is 12.6. The van der Waals surface area contributed by atoms with Crippen molar-refractivity contribution in [3.63, 3.8) is 0 Å². The topological polar surface area (TPSA) is 163 Å². The first-order valence-electron chi connectivity index (χ1n) is 10.1. The van der Waals surface area contributed by atoms with E-state index in [0.29, 0.717) is 5.56 Å². The zero-order valence-corrected chi connectivity index (χ0v) is 18.8. The van der Waals surface area contributed by atoms with Gasteiger partial charge < -0.3 is 15.7 Å². The summed E-state index contributed by atoms with van der Waals surface area (Å²) in [7, 11) is 2.92. The third-order valence-corrected chi connectivity index (χ3v) is 4.47. The minimum atomic E-state index is -1.82. The largest absolute Gasteiger partial charge is 0.382 e. The van der Waals surface area contributed by atoms with Gasteiger partial charge in [-0.2, -0.15) is 5.48 Å². The van der Waals surface area contributed by atoms with Gasteiger partial charge in [0, 0.05) is 19.2 Å². The van der Waals surface area contributed by atoms with Crippen LogP contribution in [-0.2, 0) is 25.6 Å². The van der Waals surface area contributed by atoms with Crippen molar-refractivity contribution in [1.82, 2.24) is 16.1 Å². The molecule has 0 saturated carbocycles. The molecule has 0 heterocycles. The molecule has 11 heteroatoms. The Morgan fingerprint density at radius 3 is 2.18 bits per heavy atom. The molecular weight excluding hydrogens is 430 g/mol. The Labute approximate surface area is 191 Å². The van der Waals surface area contributed by atoms with Crippen molar-refractivity contribution in [2.45, 2.75) is 19.4 Å². The minimum absolute atomic E-state index is 0.000281. The van der Waals surface area contributed by atoms with Crippen LogP contribution in [0.25, 0.3) is 0 Å². The van der Waals surface area contributed by atoms with Gasteiger partial charge in [-0.25, -0.2) is 10.3 Å². The predicted octanol–water partition coefficient (Wildman–Crippen LogP) is -0.383. The van der Waals surface area contributed by atoms with E-state index in [2.05, 4.69) is 35.0 Å². The molecule has 0 aliphatic carbocycles. The van der Waals surface area contributed by atoms with E-state index >= 15 is 0 Å². The molecule has 0 fully saturated rings. The summed E-state index contributed by atoms with van der Waals surface area (Å²) in [4.78, 5) is 50.3. The number of hydrogen-bond acceptors (Lipinski definition) is 7. The van der Waals surface area contributed by atoms with E-state index in [1.807, 2.05) is 18.2 Å². The van der Waals surface area contributed by atoms with Gasteiger partial charge in [-0.1, -0.05) is 48.0 Å². The van der Waals surface area contributed by atoms with Crippen molar-refractivity contribution >= 4 is 23.4 Å². The van der Waals surface area contributed by atoms with Gasteiger partial charge in [0.05, 0.1) is 24.9 Å². The first-order valence-corrected chi connectivity index (χ1v) is 10.1. The van der Waals surface area contributed by atoms with Crippen LogP contribution in [0.2, 0.25) is 0 Å². The van der Waals surface area contributed by atoms with Gasteiger partial charge in [-0.3, -0.25) is 14.4 Å². The monoisotopic (exact) mass is 460 g/mol. The Balaban J connectivity index is 0.000000657. The Morgan fingerprint density at radius 2 is 1.70 bits per heavy atom. The lowest BCUT2D eigenvalue weighted by Crippen LogP contribution is -2.75. The first kappa shape index (κ1) is 27.4. The molecule has 0 spiro atoms. The summed E-state index contributed by atoms with van der Waals surface area (Å²) in [5, 5.41) is 17.0. The molecule has 0 radical (unpaired) electrons. The van der Waals surface area contributed by atoms with Gasteiger partial charge in [0.2, 0.25) is 11.8 Å². The molecule has 6 N–H and O–H groups in total. The molecule has 33 heavy (non-hydrogen) atoms. The fraction of sp³-hybridized carbons (Fsp3) is 0.318. The van der Waals surface area contributed by atoms with Crippen LogP contribution in [-0.4, -0.2) is 49.6 Å². The van der Waals surface area contributed by atoms with Crippen LogP contribution in [0.15, 0.2) is 59.9 Å². The van der Waals surface area contributed by atoms with Crippen molar-refractivity contribution < 1.29 is 29.8 Å². The van der Waals surface area contributed by atoms with Crippen molar-refractivity contribution in [2.75, 3.05) is 20.7 Å². The van der Waals surface area contributed by atoms with E-state index in [-0.39, 0.29) is 13.0 Å². The average Bonchev–Trinajstić information content (AvgIpc) is 2.82. The van der Waals surface area contributed by atoms with Crippen LogP contribution in [0.1, 0.15) is 11.1 Å². The number of nitrogens with one attached hydrogen (secondary N) is 3. The summed E-state index contributed by atoms with van der Waals surface area (Å²) in [5.41, 5.74) is 5.86. The van der Waals surface area contributed by atoms with Crippen molar-refractivity contribution in [2.24, 2.45) is 11.2 Å². The Hall–Kier alpha value is -3.67. The fourth-order valence-electron chi connectivity index (χ4n) is 2.69. The van der Waals surface area contributed by atoms with Crippen molar-refractivity contribution in [3.05, 3.63) is 70.6 Å². The molecule has 0 aromatic heterocycles. The number of aliphatic hydroxyl groups is 1. The molecule has 0 bridgehead atoms. The van der Waals surface area contributed by atoms with Crippen LogP contribution in [0, 0.1) is 17.7 Å². The fourth-order valence-corrected chi connectivity index (χ4v) is 2.69. The highest BCUT2D eigenvalue weighted by molar-refractivity contribution is 5.91. The molecule has 0 aliphatic heterocycles. The number of carbonyl (C=O) groups is 3. The van der Waals surface area contributed by atoms with E-state index in [4.69, 9.17) is 4.84 Å². The number of nitrogens with zero attached hydrogens (tertiary/aromatic N) is 1. The summed E-state index contributed by atoms with van der Waals surface area (Å²) in [6, 6.07) is 17.1. The maximum atomic E-state index is 12.3. The standard InChI is InChI=1S/C15H21N5O6.C7H8/c1-16-12(21)8-17-14(23)11(13(22)15(24)18-20-25)7-9-3-5-10(6-4-9)19-26-2;1-7-5-3-2-4-6-7/h3-6,11,13,19,22H,7-8H2,1-2H3,(H,16,21)(H,17,23)(H,18,24,25);2-6H,1H3/p+1/t11-,13?;/m1./s1. The summed E-state index contributed by atoms with van der Waals surface area (Å²) in [6.07, 6.45) is -1.82. The number of amides is 3. The number of likely N-dealkylation sites (N-methyl/N-ethyl adjacent to an activating group) is 1. The number of benzene rings is 2. The quantitative estimate of drug-likeness (QED) is 0.184. The van der Waals surface area contributed by atoms with E-state index in [0.717, 1.165) is 5.69 Å². The first-order chi connectivity index (χ1) is 15.8. The van der Waals surface area contributed by atoms with Crippen molar-refractivity contribution in [1.29, 1.82) is 0 Å². The second kappa shape index (κ2) is 15.2. The van der Waals surface area contributed by atoms with E-state index in [1.54, 1.807) is 29.7 Å². The van der Waals surface area contributed by atoms with Crippen LogP contribution in [0.5, 0.6) is 0 Å². The third kappa shape index (κ3) is 10.5. The van der Waals surface area contributed by atoms with E-state index in [9.17, 15) is 24.4 Å². The smallest absolute Gasteiger partial charge is 0.272 e. The second-order valence-corrected chi connectivity index (χ2v) is 6.96. The summed E-state index contributed by atoms with van der Waals surface area (Å²) < 4.78 is 0. The van der Waals surface area contributed by atoms with E-state index < -0.39 is 29.7 Å². The average molecular weight is 461 g/mol. The molecule has 2 atom stereocenters. The number of carbonyl (C=O) groups excluding carboxylic acids is 3. The third-order valence-electron chi connectivity index (χ3n) is 4.47. The number of nitrogens with two attached hydrogens (primary N) is 1. The molecule has 1 unspecified atom stereocenters. The van der Waals surface area contributed by atoms with E-state index in [1.165, 1.54) is 25.2 Å². The van der Waals surface area contributed by atoms with Crippen molar-refractivity contribution in [3.8, 4) is 0 Å². The summed E-state index contributed by atoms with van der Waals surface area (Å²) in [6.45, 7) is 1.77. The highest BCUT2D eigenvalue weighted by Crippen LogP contribution is 2.15. The highest BCUT2D eigenvalue weighted by Gasteiger charge is 2.32. The molecule has 2 rings (SSSR count). The maximum Gasteiger partial charge on any atom is 0.272 e. The second-order valence-electron chi connectivity index (χ2n) is 6.96. The highest BCUT2D eigenvalue weighted by atomic mass is 16.6. The Bertz CT molecular complexity index is 892. The maximum absolute atomic E-state index is 12.3. The normalized spacial score (nSPS) is 11.8. The molecule has 2 aromatic carbocycles. The van der Waals surface area contributed by atoms with Gasteiger partial charge in [0.15, 0.2) is 5.69 Å². The molecule has 11 nitrogen and oxygen atoms in total. The number of aliphatic hydroxyl groups excluding tert-OH is 1. The zero-order valence-electron chi connectivity index (χ0n) is 18.8. The zero-order chi connectivity index (χ0) is 24.6. The lowest BCUT2D eigenvalue weighted by atomic mass is 9.92.